The van der Waals surface area contributed by atoms with Gasteiger partial charge in [-0.1, -0.05) is 29.4 Å². The summed E-state index contributed by atoms with van der Waals surface area (Å²) in [6.07, 6.45) is 1.26. The molecule has 0 bridgehead atoms. The molecule has 0 aliphatic carbocycles. The van der Waals surface area contributed by atoms with Crippen LogP contribution in [0.25, 0.3) is 0 Å². The Morgan fingerprint density at radius 3 is 2.45 bits per heavy atom. The molecule has 1 amide bonds. The molecule has 0 fully saturated rings. The molecule has 1 aromatic carbocycles. The minimum Gasteiger partial charge on any atom is -0.409 e. The highest BCUT2D eigenvalue weighted by atomic mass is 32.2. The maximum atomic E-state index is 11.6. The van der Waals surface area contributed by atoms with Crippen molar-refractivity contribution in [3.8, 4) is 0 Å². The Morgan fingerprint density at radius 2 is 1.95 bits per heavy atom. The lowest BCUT2D eigenvalue weighted by molar-refractivity contribution is -0.120. The molecular weight excluding hydrogens is 282 g/mol. The summed E-state index contributed by atoms with van der Waals surface area (Å²) in [4.78, 5) is 11.6. The number of hydrogen-bond acceptors (Lipinski definition) is 5. The predicted molar refractivity (Wildman–Crippen MR) is 75.4 cm³/mol. The molecule has 7 nitrogen and oxygen atoms in total. The zero-order chi connectivity index (χ0) is 15.2. The van der Waals surface area contributed by atoms with E-state index < -0.39 is 9.84 Å². The maximum absolute atomic E-state index is 11.6. The van der Waals surface area contributed by atoms with Crippen LogP contribution >= 0.6 is 0 Å². The van der Waals surface area contributed by atoms with Gasteiger partial charge < -0.3 is 16.3 Å². The molecule has 110 valence electrons. The van der Waals surface area contributed by atoms with Crippen LogP contribution in [0.5, 0.6) is 0 Å². The van der Waals surface area contributed by atoms with E-state index in [1.54, 1.807) is 24.3 Å². The zero-order valence-electron chi connectivity index (χ0n) is 11.0. The average Bonchev–Trinajstić information content (AvgIpc) is 2.37. The normalized spacial score (nSPS) is 12.2. The highest BCUT2D eigenvalue weighted by Crippen LogP contribution is 2.05. The average molecular weight is 299 g/mol. The molecule has 0 saturated heterocycles. The molecule has 8 heteroatoms. The molecule has 20 heavy (non-hydrogen) atoms. The van der Waals surface area contributed by atoms with Crippen LogP contribution in [0.15, 0.2) is 29.4 Å². The second-order valence-electron chi connectivity index (χ2n) is 4.34. The number of benzene rings is 1. The van der Waals surface area contributed by atoms with Crippen LogP contribution in [0.4, 0.5) is 0 Å². The van der Waals surface area contributed by atoms with Crippen LogP contribution in [0.2, 0.25) is 0 Å². The van der Waals surface area contributed by atoms with E-state index >= 15 is 0 Å². The molecule has 0 unspecified atom stereocenters. The Morgan fingerprint density at radius 1 is 1.35 bits per heavy atom. The van der Waals surface area contributed by atoms with Gasteiger partial charge in [-0.2, -0.15) is 0 Å². The van der Waals surface area contributed by atoms with Gasteiger partial charge in [0.1, 0.15) is 9.84 Å². The number of nitrogens with two attached hydrogens (primary N) is 1. The number of rotatable bonds is 6. The molecule has 0 saturated carbocycles. The third kappa shape index (κ3) is 5.70. The van der Waals surface area contributed by atoms with Crippen molar-refractivity contribution in [3.63, 3.8) is 0 Å². The summed E-state index contributed by atoms with van der Waals surface area (Å²) in [5.74, 6) is -0.347. The molecule has 0 aliphatic heterocycles. The predicted octanol–water partition coefficient (Wildman–Crippen LogP) is -0.516. The highest BCUT2D eigenvalue weighted by Gasteiger charge is 2.06. The van der Waals surface area contributed by atoms with E-state index in [9.17, 15) is 13.2 Å². The van der Waals surface area contributed by atoms with Crippen molar-refractivity contribution in [1.82, 2.24) is 5.32 Å². The first-order chi connectivity index (χ1) is 9.31. The van der Waals surface area contributed by atoms with Gasteiger partial charge >= 0.3 is 0 Å². The number of hydrogen-bond donors (Lipinski definition) is 3. The van der Waals surface area contributed by atoms with E-state index in [2.05, 4.69) is 10.5 Å². The van der Waals surface area contributed by atoms with Crippen molar-refractivity contribution < 1.29 is 18.4 Å². The van der Waals surface area contributed by atoms with Crippen LogP contribution in [0.3, 0.4) is 0 Å². The number of amidine groups is 1. The molecule has 1 aromatic rings. The summed E-state index contributed by atoms with van der Waals surface area (Å²) in [7, 11) is -3.08. The summed E-state index contributed by atoms with van der Waals surface area (Å²) < 4.78 is 21.8. The molecule has 0 aliphatic rings. The monoisotopic (exact) mass is 299 g/mol. The first-order valence-corrected chi connectivity index (χ1v) is 7.89. The van der Waals surface area contributed by atoms with Gasteiger partial charge in [0, 0.05) is 18.4 Å². The third-order valence-electron chi connectivity index (χ3n) is 2.52. The van der Waals surface area contributed by atoms with E-state index in [4.69, 9.17) is 10.9 Å². The fraction of sp³-hybridized carbons (Fsp3) is 0.333. The summed E-state index contributed by atoms with van der Waals surface area (Å²) in [5.41, 5.74) is 6.71. The first-order valence-electron chi connectivity index (χ1n) is 5.83. The van der Waals surface area contributed by atoms with Crippen molar-refractivity contribution >= 4 is 21.6 Å². The van der Waals surface area contributed by atoms with Crippen molar-refractivity contribution in [2.45, 2.75) is 6.42 Å². The summed E-state index contributed by atoms with van der Waals surface area (Å²) >= 11 is 0. The van der Waals surface area contributed by atoms with Crippen molar-refractivity contribution in [3.05, 3.63) is 35.4 Å². The van der Waals surface area contributed by atoms with Crippen LogP contribution in [-0.4, -0.2) is 43.9 Å². The lowest BCUT2D eigenvalue weighted by Gasteiger charge is -2.05. The number of sulfone groups is 1. The van der Waals surface area contributed by atoms with Gasteiger partial charge in [0.2, 0.25) is 5.91 Å². The van der Waals surface area contributed by atoms with Crippen molar-refractivity contribution in [2.24, 2.45) is 10.9 Å². The smallest absolute Gasteiger partial charge is 0.224 e. The second kappa shape index (κ2) is 6.90. The largest absolute Gasteiger partial charge is 0.409 e. The van der Waals surface area contributed by atoms with Gasteiger partial charge in [0.05, 0.1) is 12.2 Å². The number of nitrogens with one attached hydrogen (secondary N) is 1. The summed E-state index contributed by atoms with van der Waals surface area (Å²) in [6.45, 7) is 0.0971. The Kier molecular flexibility index (Phi) is 5.51. The first kappa shape index (κ1) is 16.0. The van der Waals surface area contributed by atoms with Crippen molar-refractivity contribution in [1.29, 1.82) is 0 Å². The fourth-order valence-electron chi connectivity index (χ4n) is 1.47. The Hall–Kier alpha value is -2.09. The standard InChI is InChI=1S/C12H17N3O4S/c1-20(18,19)7-6-14-11(16)8-9-2-4-10(5-3-9)12(13)15-17/h2-5,17H,6-8H2,1H3,(H2,13,15)(H,14,16). The molecule has 0 atom stereocenters. The van der Waals surface area contributed by atoms with Crippen LogP contribution in [0, 0.1) is 0 Å². The Balaban J connectivity index is 2.50. The van der Waals surface area contributed by atoms with E-state index in [0.717, 1.165) is 11.8 Å². The Labute approximate surface area is 117 Å². The van der Waals surface area contributed by atoms with Gasteiger partial charge in [-0.05, 0) is 5.56 Å². The van der Waals surface area contributed by atoms with Gasteiger partial charge in [-0.3, -0.25) is 4.79 Å². The lowest BCUT2D eigenvalue weighted by atomic mass is 10.1. The summed E-state index contributed by atoms with van der Waals surface area (Å²) in [6, 6.07) is 6.63. The van der Waals surface area contributed by atoms with Crippen LogP contribution in [0.1, 0.15) is 11.1 Å². The zero-order valence-corrected chi connectivity index (χ0v) is 11.9. The lowest BCUT2D eigenvalue weighted by Crippen LogP contribution is -2.30. The summed E-state index contributed by atoms with van der Waals surface area (Å²) in [5, 5.41) is 13.9. The van der Waals surface area contributed by atoms with Gasteiger partial charge in [0.25, 0.3) is 0 Å². The van der Waals surface area contributed by atoms with E-state index in [1.807, 2.05) is 0 Å². The van der Waals surface area contributed by atoms with E-state index in [0.29, 0.717) is 5.56 Å². The SMILES string of the molecule is CS(=O)(=O)CCNC(=O)Cc1ccc(C(N)=NO)cc1. The van der Waals surface area contributed by atoms with Crippen LogP contribution < -0.4 is 11.1 Å². The quantitative estimate of drug-likeness (QED) is 0.282. The fourth-order valence-corrected chi connectivity index (χ4v) is 1.95. The van der Waals surface area contributed by atoms with Gasteiger partial charge in [0.15, 0.2) is 5.84 Å². The number of carbonyl (C=O) groups is 1. The highest BCUT2D eigenvalue weighted by molar-refractivity contribution is 7.90. The number of amides is 1. The molecule has 1 rings (SSSR count). The molecular formula is C12H17N3O4S. The third-order valence-corrected chi connectivity index (χ3v) is 3.46. The van der Waals surface area contributed by atoms with Crippen molar-refractivity contribution in [2.75, 3.05) is 18.6 Å². The van der Waals surface area contributed by atoms with E-state index in [-0.39, 0.29) is 30.5 Å². The van der Waals surface area contributed by atoms with Crippen LogP contribution in [-0.2, 0) is 21.1 Å². The second-order valence-corrected chi connectivity index (χ2v) is 6.60. The van der Waals surface area contributed by atoms with Gasteiger partial charge in [-0.25, -0.2) is 8.42 Å². The van der Waals surface area contributed by atoms with E-state index in [1.165, 1.54) is 0 Å². The molecule has 0 radical (unpaired) electrons. The number of nitrogens with zero attached hydrogens (tertiary/aromatic N) is 1. The maximum Gasteiger partial charge on any atom is 0.224 e. The minimum atomic E-state index is -3.08. The number of oxime groups is 1. The Bertz CT molecular complexity index is 594. The number of carbonyl (C=O) groups excluding carboxylic acids is 1. The molecule has 0 spiro atoms. The molecule has 0 heterocycles. The molecule has 4 N–H and O–H groups in total. The topological polar surface area (TPSA) is 122 Å². The minimum absolute atomic E-state index is 0.00541. The van der Waals surface area contributed by atoms with Gasteiger partial charge in [-0.15, -0.1) is 0 Å². The molecule has 0 aromatic heterocycles.